The molecule has 7 nitrogen and oxygen atoms in total. The summed E-state index contributed by atoms with van der Waals surface area (Å²) in [5, 5.41) is 36.3. The summed E-state index contributed by atoms with van der Waals surface area (Å²) in [7, 11) is 0. The number of nitrogens with zero attached hydrogens (tertiary/aromatic N) is 1. The number of aliphatic hydroxyl groups excluding tert-OH is 3. The van der Waals surface area contributed by atoms with E-state index < -0.39 is 24.6 Å². The number of para-hydroxylation sites is 1. The quantitative estimate of drug-likeness (QED) is 0.354. The highest BCUT2D eigenvalue weighted by atomic mass is 19.3. The van der Waals surface area contributed by atoms with Crippen LogP contribution in [0.4, 0.5) is 8.78 Å². The number of alkyl halides is 2. The van der Waals surface area contributed by atoms with Crippen molar-refractivity contribution in [3.05, 3.63) is 64.7 Å². The molecule has 0 spiro atoms. The standard InChI is InChI=1S/C25H33F2N3O4/c1-2-11-34-21-6-4-3-5-20(21)25(26,27)24(33)29-13-16-7-9-19-17(12-16)15-30(23(19)32)18-8-10-22(31)28-14-18/h3-7,9,12,18,22-24,28-29,31-33H,2,8,10-11,13-15H2,1H3/t18?,22-,23+,24-/m1/s1. The van der Waals surface area contributed by atoms with Crippen molar-refractivity contribution in [3.63, 3.8) is 0 Å². The molecule has 2 aliphatic heterocycles. The Kier molecular flexibility index (Phi) is 7.81. The average molecular weight is 478 g/mol. The maximum absolute atomic E-state index is 15.0. The molecule has 0 aliphatic carbocycles. The predicted molar refractivity (Wildman–Crippen MR) is 123 cm³/mol. The van der Waals surface area contributed by atoms with Crippen LogP contribution < -0.4 is 15.4 Å². The van der Waals surface area contributed by atoms with Gasteiger partial charge in [0.25, 0.3) is 0 Å². The van der Waals surface area contributed by atoms with E-state index in [1.807, 2.05) is 17.9 Å². The lowest BCUT2D eigenvalue weighted by atomic mass is 10.0. The number of aliphatic hydroxyl groups is 3. The minimum Gasteiger partial charge on any atom is -0.493 e. The first kappa shape index (κ1) is 25.0. The van der Waals surface area contributed by atoms with Gasteiger partial charge in [0.15, 0.2) is 6.23 Å². The lowest BCUT2D eigenvalue weighted by Crippen LogP contribution is -2.49. The maximum Gasteiger partial charge on any atom is 0.315 e. The number of hydrogen-bond acceptors (Lipinski definition) is 7. The van der Waals surface area contributed by atoms with E-state index in [2.05, 4.69) is 10.6 Å². The minimum atomic E-state index is -3.55. The summed E-state index contributed by atoms with van der Waals surface area (Å²) in [6.07, 6.45) is -1.27. The van der Waals surface area contributed by atoms with Gasteiger partial charge >= 0.3 is 5.92 Å². The highest BCUT2D eigenvalue weighted by molar-refractivity contribution is 5.38. The summed E-state index contributed by atoms with van der Waals surface area (Å²) < 4.78 is 35.5. The third-order valence-corrected chi connectivity index (χ3v) is 6.53. The predicted octanol–water partition coefficient (Wildman–Crippen LogP) is 2.55. The third kappa shape index (κ3) is 5.25. The number of halogens is 2. The van der Waals surface area contributed by atoms with Crippen molar-refractivity contribution in [3.8, 4) is 5.75 Å². The monoisotopic (exact) mass is 477 g/mol. The fourth-order valence-corrected chi connectivity index (χ4v) is 4.63. The van der Waals surface area contributed by atoms with Crippen molar-refractivity contribution in [1.82, 2.24) is 15.5 Å². The van der Waals surface area contributed by atoms with Crippen LogP contribution in [0.3, 0.4) is 0 Å². The highest BCUT2D eigenvalue weighted by Crippen LogP contribution is 2.38. The lowest BCUT2D eigenvalue weighted by Gasteiger charge is -2.35. The van der Waals surface area contributed by atoms with E-state index >= 15 is 8.78 Å². The molecule has 186 valence electrons. The second-order valence-electron chi connectivity index (χ2n) is 8.99. The lowest BCUT2D eigenvalue weighted by molar-refractivity contribution is -0.131. The second kappa shape index (κ2) is 10.6. The summed E-state index contributed by atoms with van der Waals surface area (Å²) in [6, 6.07) is 11.4. The molecule has 1 fully saturated rings. The second-order valence-corrected chi connectivity index (χ2v) is 8.99. The van der Waals surface area contributed by atoms with Crippen LogP contribution >= 0.6 is 0 Å². The third-order valence-electron chi connectivity index (χ3n) is 6.53. The molecule has 1 unspecified atom stereocenters. The first-order valence-electron chi connectivity index (χ1n) is 11.8. The average Bonchev–Trinajstić information content (AvgIpc) is 3.17. The first-order chi connectivity index (χ1) is 16.3. The van der Waals surface area contributed by atoms with E-state index in [4.69, 9.17) is 4.74 Å². The largest absolute Gasteiger partial charge is 0.493 e. The van der Waals surface area contributed by atoms with Gasteiger partial charge in [0.1, 0.15) is 18.2 Å². The fraction of sp³-hybridized carbons (Fsp3) is 0.520. The van der Waals surface area contributed by atoms with Crippen LogP contribution in [0, 0.1) is 0 Å². The number of piperidine rings is 1. The zero-order valence-electron chi connectivity index (χ0n) is 19.3. The Morgan fingerprint density at radius 2 is 2.00 bits per heavy atom. The van der Waals surface area contributed by atoms with Crippen molar-refractivity contribution in [2.75, 3.05) is 13.2 Å². The molecule has 4 atom stereocenters. The van der Waals surface area contributed by atoms with Gasteiger partial charge in [-0.1, -0.05) is 37.3 Å². The smallest absolute Gasteiger partial charge is 0.315 e. The molecule has 2 heterocycles. The van der Waals surface area contributed by atoms with Crippen molar-refractivity contribution < 1.29 is 28.8 Å². The zero-order valence-corrected chi connectivity index (χ0v) is 19.3. The summed E-state index contributed by atoms with van der Waals surface area (Å²) in [5.74, 6) is -3.49. The number of fused-ring (bicyclic) bond motifs is 1. The van der Waals surface area contributed by atoms with E-state index in [1.165, 1.54) is 18.2 Å². The molecule has 0 aromatic heterocycles. The van der Waals surface area contributed by atoms with Crippen LogP contribution in [-0.4, -0.2) is 51.9 Å². The van der Waals surface area contributed by atoms with Crippen LogP contribution in [0.5, 0.6) is 5.75 Å². The van der Waals surface area contributed by atoms with E-state index in [0.29, 0.717) is 32.5 Å². The van der Waals surface area contributed by atoms with E-state index in [9.17, 15) is 15.3 Å². The molecule has 0 saturated carbocycles. The van der Waals surface area contributed by atoms with Gasteiger partial charge in [0, 0.05) is 25.7 Å². The molecule has 5 N–H and O–H groups in total. The molecule has 2 aromatic rings. The maximum atomic E-state index is 15.0. The van der Waals surface area contributed by atoms with Gasteiger partial charge in [0.05, 0.1) is 12.2 Å². The molecule has 4 rings (SSSR count). The summed E-state index contributed by atoms with van der Waals surface area (Å²) in [4.78, 5) is 1.98. The van der Waals surface area contributed by atoms with Crippen LogP contribution in [0.25, 0.3) is 0 Å². The summed E-state index contributed by atoms with van der Waals surface area (Å²) >= 11 is 0. The minimum absolute atomic E-state index is 0.0370. The molecule has 9 heteroatoms. The van der Waals surface area contributed by atoms with Gasteiger partial charge < -0.3 is 20.1 Å². The van der Waals surface area contributed by atoms with Crippen LogP contribution in [0.2, 0.25) is 0 Å². The van der Waals surface area contributed by atoms with Gasteiger partial charge in [0.2, 0.25) is 0 Å². The molecule has 1 saturated heterocycles. The molecule has 0 bridgehead atoms. The van der Waals surface area contributed by atoms with Crippen molar-refractivity contribution >= 4 is 0 Å². The Morgan fingerprint density at radius 3 is 2.74 bits per heavy atom. The van der Waals surface area contributed by atoms with E-state index in [0.717, 1.165) is 23.1 Å². The van der Waals surface area contributed by atoms with Gasteiger partial charge in [-0.05, 0) is 48.1 Å². The Bertz CT molecular complexity index is 969. The molecule has 0 radical (unpaired) electrons. The number of rotatable bonds is 9. The molecule has 0 amide bonds. The number of benzene rings is 2. The normalized spacial score (nSPS) is 24.1. The molecular weight excluding hydrogens is 444 g/mol. The van der Waals surface area contributed by atoms with Crippen LogP contribution in [0.15, 0.2) is 42.5 Å². The van der Waals surface area contributed by atoms with Gasteiger partial charge in [-0.3, -0.25) is 15.5 Å². The van der Waals surface area contributed by atoms with Crippen LogP contribution in [0.1, 0.15) is 54.7 Å². The zero-order chi connectivity index (χ0) is 24.3. The number of hydrogen-bond donors (Lipinski definition) is 5. The molecule has 34 heavy (non-hydrogen) atoms. The molecule has 2 aliphatic rings. The van der Waals surface area contributed by atoms with Crippen molar-refractivity contribution in [2.24, 2.45) is 0 Å². The Hall–Kier alpha value is -2.14. The van der Waals surface area contributed by atoms with Crippen molar-refractivity contribution in [1.29, 1.82) is 0 Å². The van der Waals surface area contributed by atoms with Crippen LogP contribution in [-0.2, 0) is 19.0 Å². The highest BCUT2D eigenvalue weighted by Gasteiger charge is 2.43. The molecular formula is C25H33F2N3O4. The van der Waals surface area contributed by atoms with Gasteiger partial charge in [-0.25, -0.2) is 0 Å². The Labute approximate surface area is 198 Å². The molecule has 2 aromatic carbocycles. The van der Waals surface area contributed by atoms with Gasteiger partial charge in [-0.2, -0.15) is 8.78 Å². The summed E-state index contributed by atoms with van der Waals surface area (Å²) in [5.41, 5.74) is 2.10. The van der Waals surface area contributed by atoms with Crippen molar-refractivity contribution in [2.45, 2.75) is 69.9 Å². The topological polar surface area (TPSA) is 97.2 Å². The first-order valence-corrected chi connectivity index (χ1v) is 11.8. The fourth-order valence-electron chi connectivity index (χ4n) is 4.63. The van der Waals surface area contributed by atoms with Gasteiger partial charge in [-0.15, -0.1) is 0 Å². The SMILES string of the molecule is CCCOc1ccccc1C(F)(F)[C@@H](O)NCc1ccc2c(c1)CN(C1CC[C@@H](O)NC1)[C@H]2O. The Morgan fingerprint density at radius 1 is 1.21 bits per heavy atom. The Balaban J connectivity index is 1.40. The van der Waals surface area contributed by atoms with E-state index in [-0.39, 0.29) is 23.9 Å². The van der Waals surface area contributed by atoms with E-state index in [1.54, 1.807) is 18.2 Å². The number of nitrogens with one attached hydrogen (secondary N) is 2. The summed E-state index contributed by atoms with van der Waals surface area (Å²) in [6.45, 7) is 3.36. The number of ether oxygens (including phenoxy) is 1.